The van der Waals surface area contributed by atoms with E-state index in [0.29, 0.717) is 11.1 Å². The molecule has 1 N–H and O–H groups in total. The van der Waals surface area contributed by atoms with Gasteiger partial charge in [0, 0.05) is 19.6 Å². The number of nitrogens with zero attached hydrogens (tertiary/aromatic N) is 3. The molecular weight excluding hydrogens is 264 g/mol. The number of rotatable bonds is 3. The van der Waals surface area contributed by atoms with Gasteiger partial charge in [-0.25, -0.2) is 0 Å². The molecule has 0 radical (unpaired) electrons. The van der Waals surface area contributed by atoms with E-state index in [1.54, 1.807) is 6.07 Å². The summed E-state index contributed by atoms with van der Waals surface area (Å²) in [5.74, 6) is 0.746. The van der Waals surface area contributed by atoms with Crippen molar-refractivity contribution >= 4 is 11.7 Å². The van der Waals surface area contributed by atoms with Crippen molar-refractivity contribution in [3.8, 4) is 0 Å². The van der Waals surface area contributed by atoms with Crippen molar-refractivity contribution in [2.24, 2.45) is 5.41 Å². The van der Waals surface area contributed by atoms with Gasteiger partial charge < -0.3 is 10.2 Å². The van der Waals surface area contributed by atoms with Gasteiger partial charge in [-0.15, -0.1) is 10.2 Å². The highest BCUT2D eigenvalue weighted by Gasteiger charge is 2.38. The van der Waals surface area contributed by atoms with E-state index in [0.717, 1.165) is 38.3 Å². The number of amides is 1. The minimum atomic E-state index is 0.0263. The number of aromatic nitrogens is 2. The third-order valence-electron chi connectivity index (χ3n) is 5.02. The fourth-order valence-corrected chi connectivity index (χ4v) is 3.69. The van der Waals surface area contributed by atoms with E-state index in [9.17, 15) is 4.79 Å². The number of piperidine rings is 1. The minimum absolute atomic E-state index is 0.0263. The topological polar surface area (TPSA) is 58.1 Å². The number of hydrogen-bond acceptors (Lipinski definition) is 4. The van der Waals surface area contributed by atoms with Crippen LogP contribution in [0.25, 0.3) is 0 Å². The molecule has 1 aromatic heterocycles. The van der Waals surface area contributed by atoms with Crippen LogP contribution in [0.3, 0.4) is 0 Å². The molecule has 0 atom stereocenters. The second kappa shape index (κ2) is 6.00. The normalized spacial score (nSPS) is 20.7. The zero-order chi connectivity index (χ0) is 14.7. The quantitative estimate of drug-likeness (QED) is 0.929. The van der Waals surface area contributed by atoms with E-state index in [-0.39, 0.29) is 5.91 Å². The van der Waals surface area contributed by atoms with Gasteiger partial charge in [-0.05, 0) is 50.2 Å². The lowest BCUT2D eigenvalue weighted by atomic mass is 9.77. The number of hydrogen-bond donors (Lipinski definition) is 1. The Labute approximate surface area is 126 Å². The van der Waals surface area contributed by atoms with Gasteiger partial charge in [-0.3, -0.25) is 4.79 Å². The Kier molecular flexibility index (Phi) is 4.08. The van der Waals surface area contributed by atoms with E-state index < -0.39 is 0 Å². The smallest absolute Gasteiger partial charge is 0.274 e. The molecule has 1 aliphatic carbocycles. The Balaban J connectivity index is 1.60. The molecule has 1 spiro atoms. The van der Waals surface area contributed by atoms with Crippen molar-refractivity contribution in [3.05, 3.63) is 17.8 Å². The molecule has 5 heteroatoms. The highest BCUT2D eigenvalue weighted by Crippen LogP contribution is 2.46. The Morgan fingerprint density at radius 1 is 1.19 bits per heavy atom. The van der Waals surface area contributed by atoms with Gasteiger partial charge in [0.2, 0.25) is 0 Å². The summed E-state index contributed by atoms with van der Waals surface area (Å²) in [6.45, 7) is 4.55. The monoisotopic (exact) mass is 288 g/mol. The first-order chi connectivity index (χ1) is 10.2. The summed E-state index contributed by atoms with van der Waals surface area (Å²) in [7, 11) is 0. The summed E-state index contributed by atoms with van der Waals surface area (Å²) in [4.78, 5) is 14.4. The third-order valence-corrected chi connectivity index (χ3v) is 5.02. The number of carbonyl (C=O) groups is 1. The molecule has 2 fully saturated rings. The molecule has 21 heavy (non-hydrogen) atoms. The lowest BCUT2D eigenvalue weighted by Gasteiger charge is -2.39. The minimum Gasteiger partial charge on any atom is -0.369 e. The molecule has 5 nitrogen and oxygen atoms in total. The summed E-state index contributed by atoms with van der Waals surface area (Å²) >= 11 is 0. The summed E-state index contributed by atoms with van der Waals surface area (Å²) in [6, 6.07) is 3.60. The molecule has 3 rings (SSSR count). The SMILES string of the molecule is CCNc1ccc(C(=O)N2CCC3(CCCC3)CC2)nn1. The van der Waals surface area contributed by atoms with Crippen LogP contribution in [0.2, 0.25) is 0 Å². The van der Waals surface area contributed by atoms with Crippen LogP contribution in [0, 0.1) is 5.41 Å². The molecule has 0 unspecified atom stereocenters. The molecule has 0 aromatic carbocycles. The van der Waals surface area contributed by atoms with Crippen LogP contribution < -0.4 is 5.32 Å². The summed E-state index contributed by atoms with van der Waals surface area (Å²) in [5.41, 5.74) is 0.996. The van der Waals surface area contributed by atoms with Crippen molar-refractivity contribution in [2.45, 2.75) is 45.4 Å². The molecule has 1 aromatic rings. The van der Waals surface area contributed by atoms with Crippen molar-refractivity contribution < 1.29 is 4.79 Å². The molecule has 2 aliphatic rings. The van der Waals surface area contributed by atoms with Crippen LogP contribution in [-0.2, 0) is 0 Å². The first-order valence-electron chi connectivity index (χ1n) is 8.09. The molecule has 1 saturated carbocycles. The van der Waals surface area contributed by atoms with Gasteiger partial charge in [-0.2, -0.15) is 0 Å². The van der Waals surface area contributed by atoms with Crippen molar-refractivity contribution in [1.29, 1.82) is 0 Å². The Morgan fingerprint density at radius 3 is 2.48 bits per heavy atom. The predicted molar refractivity (Wildman–Crippen MR) is 82.2 cm³/mol. The average molecular weight is 288 g/mol. The highest BCUT2D eigenvalue weighted by atomic mass is 16.2. The summed E-state index contributed by atoms with van der Waals surface area (Å²) < 4.78 is 0. The number of carbonyl (C=O) groups excluding carboxylic acids is 1. The fourth-order valence-electron chi connectivity index (χ4n) is 3.69. The van der Waals surface area contributed by atoms with E-state index in [2.05, 4.69) is 15.5 Å². The highest BCUT2D eigenvalue weighted by molar-refractivity contribution is 5.92. The third kappa shape index (κ3) is 3.01. The van der Waals surface area contributed by atoms with Gasteiger partial charge in [0.1, 0.15) is 5.82 Å². The van der Waals surface area contributed by atoms with Crippen LogP contribution in [0.5, 0.6) is 0 Å². The van der Waals surface area contributed by atoms with Gasteiger partial charge >= 0.3 is 0 Å². The maximum atomic E-state index is 12.5. The van der Waals surface area contributed by atoms with Crippen LogP contribution >= 0.6 is 0 Å². The molecule has 1 aliphatic heterocycles. The van der Waals surface area contributed by atoms with Crippen molar-refractivity contribution in [3.63, 3.8) is 0 Å². The number of anilines is 1. The van der Waals surface area contributed by atoms with Crippen LogP contribution in [-0.4, -0.2) is 40.6 Å². The van der Waals surface area contributed by atoms with E-state index in [1.165, 1.54) is 25.7 Å². The maximum absolute atomic E-state index is 12.5. The second-order valence-electron chi connectivity index (χ2n) is 6.33. The van der Waals surface area contributed by atoms with Crippen molar-refractivity contribution in [2.75, 3.05) is 25.0 Å². The first-order valence-corrected chi connectivity index (χ1v) is 8.09. The fraction of sp³-hybridized carbons (Fsp3) is 0.688. The zero-order valence-corrected chi connectivity index (χ0v) is 12.8. The first kappa shape index (κ1) is 14.3. The Morgan fingerprint density at radius 2 is 1.90 bits per heavy atom. The molecule has 2 heterocycles. The van der Waals surface area contributed by atoms with Gasteiger partial charge in [-0.1, -0.05) is 12.8 Å². The predicted octanol–water partition coefficient (Wildman–Crippen LogP) is 2.70. The van der Waals surface area contributed by atoms with E-state index >= 15 is 0 Å². The number of likely N-dealkylation sites (tertiary alicyclic amines) is 1. The van der Waals surface area contributed by atoms with Gasteiger partial charge in [0.05, 0.1) is 0 Å². The van der Waals surface area contributed by atoms with Crippen LogP contribution in [0.1, 0.15) is 55.9 Å². The van der Waals surface area contributed by atoms with E-state index in [1.807, 2.05) is 17.9 Å². The second-order valence-corrected chi connectivity index (χ2v) is 6.33. The maximum Gasteiger partial charge on any atom is 0.274 e. The largest absolute Gasteiger partial charge is 0.369 e. The van der Waals surface area contributed by atoms with Gasteiger partial charge in [0.25, 0.3) is 5.91 Å². The molecule has 0 bridgehead atoms. The Hall–Kier alpha value is -1.65. The lowest BCUT2D eigenvalue weighted by Crippen LogP contribution is -2.42. The standard InChI is InChI=1S/C16H24N4O/c1-2-17-14-6-5-13(18-19-14)15(21)20-11-9-16(10-12-20)7-3-4-8-16/h5-6H,2-4,7-12H2,1H3,(H,17,19). The van der Waals surface area contributed by atoms with Crippen molar-refractivity contribution in [1.82, 2.24) is 15.1 Å². The van der Waals surface area contributed by atoms with Crippen LogP contribution in [0.4, 0.5) is 5.82 Å². The Bertz CT molecular complexity index is 484. The lowest BCUT2D eigenvalue weighted by molar-refractivity contribution is 0.0581. The summed E-state index contributed by atoms with van der Waals surface area (Å²) in [5, 5.41) is 11.2. The van der Waals surface area contributed by atoms with E-state index in [4.69, 9.17) is 0 Å². The summed E-state index contributed by atoms with van der Waals surface area (Å²) in [6.07, 6.45) is 7.75. The molecular formula is C16H24N4O. The van der Waals surface area contributed by atoms with Crippen LogP contribution in [0.15, 0.2) is 12.1 Å². The molecule has 1 saturated heterocycles. The zero-order valence-electron chi connectivity index (χ0n) is 12.8. The average Bonchev–Trinajstić information content (AvgIpc) is 2.97. The van der Waals surface area contributed by atoms with Gasteiger partial charge in [0.15, 0.2) is 5.69 Å². The number of nitrogens with one attached hydrogen (secondary N) is 1. The molecule has 1 amide bonds. The molecule has 114 valence electrons.